The van der Waals surface area contributed by atoms with Gasteiger partial charge in [-0.15, -0.1) is 0 Å². The third-order valence-corrected chi connectivity index (χ3v) is 6.09. The Labute approximate surface area is 175 Å². The van der Waals surface area contributed by atoms with E-state index in [2.05, 4.69) is 15.2 Å². The number of carbonyl (C=O) groups is 1. The molecule has 3 aromatic rings. The molecule has 0 aliphatic rings. The predicted octanol–water partition coefficient (Wildman–Crippen LogP) is 3.72. The van der Waals surface area contributed by atoms with Gasteiger partial charge in [-0.25, -0.2) is 13.1 Å². The number of nitrogens with zero attached hydrogens (tertiary/aromatic N) is 2. The summed E-state index contributed by atoms with van der Waals surface area (Å²) in [6.45, 7) is 5.38. The molecule has 0 atom stereocenters. The first-order chi connectivity index (χ1) is 14.1. The second kappa shape index (κ2) is 8.19. The monoisotopic (exact) mass is 428 g/mol. The van der Waals surface area contributed by atoms with Gasteiger partial charge in [0.15, 0.2) is 0 Å². The molecule has 158 valence electrons. The highest BCUT2D eigenvalue weighted by Gasteiger charge is 2.19. The zero-order valence-electron chi connectivity index (χ0n) is 17.5. The summed E-state index contributed by atoms with van der Waals surface area (Å²) in [5.41, 5.74) is 4.26. The van der Waals surface area contributed by atoms with Crippen LogP contribution < -0.4 is 14.9 Å². The Hall–Kier alpha value is -3.33. The molecular formula is C21H24N4O4S. The molecule has 0 aliphatic heterocycles. The smallest absolute Gasteiger partial charge is 0.264 e. The maximum atomic E-state index is 12.6. The molecular weight excluding hydrogens is 404 g/mol. The Bertz CT molecular complexity index is 1180. The highest BCUT2D eigenvalue weighted by atomic mass is 32.2. The van der Waals surface area contributed by atoms with E-state index in [1.54, 1.807) is 19.9 Å². The van der Waals surface area contributed by atoms with Crippen LogP contribution in [0.1, 0.15) is 27.2 Å². The number of amides is 1. The van der Waals surface area contributed by atoms with Gasteiger partial charge in [-0.05, 0) is 68.8 Å². The van der Waals surface area contributed by atoms with Gasteiger partial charge < -0.3 is 14.7 Å². The average Bonchev–Trinajstić information content (AvgIpc) is 2.99. The molecule has 8 nitrogen and oxygen atoms in total. The fourth-order valence-corrected chi connectivity index (χ4v) is 3.96. The minimum Gasteiger partial charge on any atom is -0.377 e. The summed E-state index contributed by atoms with van der Waals surface area (Å²) in [4.78, 5) is 14.6. The molecule has 1 heterocycles. The summed E-state index contributed by atoms with van der Waals surface area (Å²) in [5.74, 6) is -0.189. The second-order valence-electron chi connectivity index (χ2n) is 7.20. The number of anilines is 3. The number of sulfonamides is 1. The third kappa shape index (κ3) is 4.46. The Morgan fingerprint density at radius 1 is 1.03 bits per heavy atom. The highest BCUT2D eigenvalue weighted by Crippen LogP contribution is 2.23. The van der Waals surface area contributed by atoms with Gasteiger partial charge in [0.05, 0.1) is 10.6 Å². The molecule has 1 amide bonds. The van der Waals surface area contributed by atoms with Crippen molar-refractivity contribution in [2.75, 3.05) is 29.0 Å². The Balaban J connectivity index is 1.73. The van der Waals surface area contributed by atoms with Crippen LogP contribution in [0.4, 0.5) is 17.3 Å². The van der Waals surface area contributed by atoms with E-state index in [0.717, 1.165) is 11.3 Å². The van der Waals surface area contributed by atoms with Gasteiger partial charge in [0.2, 0.25) is 5.88 Å². The van der Waals surface area contributed by atoms with Crippen molar-refractivity contribution in [1.82, 2.24) is 5.16 Å². The van der Waals surface area contributed by atoms with Crippen LogP contribution in [0.3, 0.4) is 0 Å². The minimum absolute atomic E-state index is 0.0418. The van der Waals surface area contributed by atoms with E-state index in [0.29, 0.717) is 22.5 Å². The van der Waals surface area contributed by atoms with E-state index in [1.165, 1.54) is 24.3 Å². The molecule has 1 aromatic heterocycles. The van der Waals surface area contributed by atoms with E-state index in [9.17, 15) is 13.2 Å². The zero-order chi connectivity index (χ0) is 22.1. The van der Waals surface area contributed by atoms with Crippen LogP contribution in [0.25, 0.3) is 0 Å². The predicted molar refractivity (Wildman–Crippen MR) is 117 cm³/mol. The molecule has 0 spiro atoms. The number of hydrogen-bond donors (Lipinski definition) is 2. The van der Waals surface area contributed by atoms with Crippen molar-refractivity contribution in [1.29, 1.82) is 0 Å². The molecule has 0 bridgehead atoms. The largest absolute Gasteiger partial charge is 0.377 e. The second-order valence-corrected chi connectivity index (χ2v) is 8.88. The highest BCUT2D eigenvalue weighted by molar-refractivity contribution is 7.92. The molecule has 0 saturated carbocycles. The lowest BCUT2D eigenvalue weighted by Gasteiger charge is -2.16. The van der Waals surface area contributed by atoms with Gasteiger partial charge in [-0.2, -0.15) is 0 Å². The maximum Gasteiger partial charge on any atom is 0.264 e. The molecule has 0 radical (unpaired) electrons. The summed E-state index contributed by atoms with van der Waals surface area (Å²) in [6.07, 6.45) is 0. The third-order valence-electron chi connectivity index (χ3n) is 4.75. The molecule has 0 unspecified atom stereocenters. The van der Waals surface area contributed by atoms with E-state index >= 15 is 0 Å². The molecule has 3 rings (SSSR count). The van der Waals surface area contributed by atoms with Crippen molar-refractivity contribution in [3.05, 3.63) is 64.8 Å². The van der Waals surface area contributed by atoms with Crippen LogP contribution in [0.5, 0.6) is 0 Å². The summed E-state index contributed by atoms with van der Waals surface area (Å²) in [7, 11) is 0.0442. The molecule has 0 saturated heterocycles. The molecule has 9 heteroatoms. The summed E-state index contributed by atoms with van der Waals surface area (Å²) in [6, 6.07) is 11.3. The van der Waals surface area contributed by atoms with E-state index in [-0.39, 0.29) is 16.7 Å². The SMILES string of the molecule is Cc1cc(C(=O)Nc2ccc(S(=O)(=O)Nc3onc(C)c3C)cc2)ccc1N(C)C. The van der Waals surface area contributed by atoms with Crippen molar-refractivity contribution in [3.8, 4) is 0 Å². The van der Waals surface area contributed by atoms with Crippen LogP contribution in [0.2, 0.25) is 0 Å². The normalized spacial score (nSPS) is 11.2. The fraction of sp³-hybridized carbons (Fsp3) is 0.238. The lowest BCUT2D eigenvalue weighted by atomic mass is 10.1. The number of hydrogen-bond acceptors (Lipinski definition) is 6. The zero-order valence-corrected chi connectivity index (χ0v) is 18.3. The van der Waals surface area contributed by atoms with Gasteiger partial charge in [0.1, 0.15) is 0 Å². The number of aromatic nitrogens is 1. The van der Waals surface area contributed by atoms with E-state index in [1.807, 2.05) is 38.1 Å². The average molecular weight is 429 g/mol. The van der Waals surface area contributed by atoms with E-state index in [4.69, 9.17) is 4.52 Å². The molecule has 0 aliphatic carbocycles. The van der Waals surface area contributed by atoms with Crippen LogP contribution in [-0.4, -0.2) is 33.6 Å². The van der Waals surface area contributed by atoms with Crippen LogP contribution in [-0.2, 0) is 10.0 Å². The van der Waals surface area contributed by atoms with Gasteiger partial charge in [-0.1, -0.05) is 5.16 Å². The van der Waals surface area contributed by atoms with Crippen molar-refractivity contribution in [2.45, 2.75) is 25.7 Å². The van der Waals surface area contributed by atoms with Crippen molar-refractivity contribution >= 4 is 33.2 Å². The summed E-state index contributed by atoms with van der Waals surface area (Å²) >= 11 is 0. The van der Waals surface area contributed by atoms with Crippen LogP contribution in [0.15, 0.2) is 51.9 Å². The summed E-state index contributed by atoms with van der Waals surface area (Å²) in [5, 5.41) is 6.52. The minimum atomic E-state index is -3.84. The van der Waals surface area contributed by atoms with Gasteiger partial charge in [0, 0.05) is 36.6 Å². The Morgan fingerprint density at radius 2 is 1.70 bits per heavy atom. The number of carbonyl (C=O) groups excluding carboxylic acids is 1. The first kappa shape index (κ1) is 21.4. The maximum absolute atomic E-state index is 12.6. The lowest BCUT2D eigenvalue weighted by Crippen LogP contribution is -2.15. The van der Waals surface area contributed by atoms with Gasteiger partial charge >= 0.3 is 0 Å². The summed E-state index contributed by atoms with van der Waals surface area (Å²) < 4.78 is 32.5. The van der Waals surface area contributed by atoms with Gasteiger partial charge in [0.25, 0.3) is 15.9 Å². The number of rotatable bonds is 6. The van der Waals surface area contributed by atoms with Crippen LogP contribution in [0, 0.1) is 20.8 Å². The number of nitrogens with one attached hydrogen (secondary N) is 2. The standard InChI is InChI=1S/C21H24N4O4S/c1-13-12-16(6-11-19(13)25(4)5)20(26)22-17-7-9-18(10-8-17)30(27,28)24-21-14(2)15(3)23-29-21/h6-12,24H,1-5H3,(H,22,26). The quantitative estimate of drug-likeness (QED) is 0.620. The van der Waals surface area contributed by atoms with Crippen molar-refractivity contribution < 1.29 is 17.7 Å². The molecule has 30 heavy (non-hydrogen) atoms. The van der Waals surface area contributed by atoms with Crippen molar-refractivity contribution in [3.63, 3.8) is 0 Å². The molecule has 0 fully saturated rings. The number of aryl methyl sites for hydroxylation is 2. The first-order valence-corrected chi connectivity index (χ1v) is 10.7. The molecule has 2 aromatic carbocycles. The van der Waals surface area contributed by atoms with Crippen LogP contribution >= 0.6 is 0 Å². The number of benzene rings is 2. The Morgan fingerprint density at radius 3 is 2.23 bits per heavy atom. The molecule has 2 N–H and O–H groups in total. The van der Waals surface area contributed by atoms with Gasteiger partial charge in [-0.3, -0.25) is 4.79 Å². The fourth-order valence-electron chi connectivity index (χ4n) is 2.91. The topological polar surface area (TPSA) is 105 Å². The van der Waals surface area contributed by atoms with E-state index < -0.39 is 10.0 Å². The first-order valence-electron chi connectivity index (χ1n) is 9.23. The van der Waals surface area contributed by atoms with Crippen molar-refractivity contribution in [2.24, 2.45) is 0 Å². The Kier molecular flexibility index (Phi) is 5.84. The lowest BCUT2D eigenvalue weighted by molar-refractivity contribution is 0.102.